The largest absolute Gasteiger partial charge is 0.358 e. The Hall–Kier alpha value is -0.660. The van der Waals surface area contributed by atoms with Gasteiger partial charge in [0, 0.05) is 16.9 Å². The first-order valence-corrected chi connectivity index (χ1v) is 6.07. The Balaban J connectivity index is 3.73. The Kier molecular flexibility index (Phi) is 3.37. The third kappa shape index (κ3) is 2.47. The molecule has 0 amide bonds. The van der Waals surface area contributed by atoms with Gasteiger partial charge in [-0.25, -0.2) is 17.2 Å². The van der Waals surface area contributed by atoms with Crippen LogP contribution in [0.2, 0.25) is 5.02 Å². The predicted octanol–water partition coefficient (Wildman–Crippen LogP) is 1.89. The average Bonchev–Trinajstić information content (AvgIpc) is 2.06. The summed E-state index contributed by atoms with van der Waals surface area (Å²) in [6.45, 7) is 0. The lowest BCUT2D eigenvalue weighted by molar-refractivity contribution is 0.142. The zero-order chi connectivity index (χ0) is 11.8. The molecule has 9 heteroatoms. The fourth-order valence-corrected chi connectivity index (χ4v) is 2.31. The normalized spacial score (nSPS) is 12.1. The van der Waals surface area contributed by atoms with Gasteiger partial charge in [-0.05, 0) is 0 Å². The molecule has 0 aliphatic heterocycles. The van der Waals surface area contributed by atoms with Crippen LogP contribution < -0.4 is 5.43 Å². The summed E-state index contributed by atoms with van der Waals surface area (Å²) in [5.41, 5.74) is -2.32. The molecule has 4 nitrogen and oxygen atoms in total. The molecule has 0 aliphatic carbocycles. The summed E-state index contributed by atoms with van der Waals surface area (Å²) in [6, 6.07) is 0. The molecule has 1 aromatic rings. The van der Waals surface area contributed by atoms with Crippen molar-refractivity contribution in [3.05, 3.63) is 27.1 Å². The van der Waals surface area contributed by atoms with Crippen molar-refractivity contribution in [3.63, 3.8) is 0 Å². The Labute approximate surface area is 92.2 Å². The quantitative estimate of drug-likeness (QED) is 0.840. The van der Waals surface area contributed by atoms with Crippen molar-refractivity contribution < 1.29 is 17.2 Å². The Morgan fingerprint density at radius 1 is 1.40 bits per heavy atom. The maximum Gasteiger partial charge on any atom is 0.279 e. The van der Waals surface area contributed by atoms with Crippen LogP contribution in [0.15, 0.2) is 15.9 Å². The zero-order valence-electron chi connectivity index (χ0n) is 6.80. The maximum atomic E-state index is 12.3. The molecule has 1 heterocycles. The number of hydrogen-bond acceptors (Lipinski definition) is 3. The minimum atomic E-state index is -4.57. The van der Waals surface area contributed by atoms with E-state index in [1.807, 2.05) is 4.98 Å². The number of alkyl halides is 2. The van der Waals surface area contributed by atoms with Crippen LogP contribution in [0.3, 0.4) is 0 Å². The van der Waals surface area contributed by atoms with Crippen LogP contribution in [-0.2, 0) is 9.05 Å². The molecule has 1 rings (SSSR count). The number of rotatable bonds is 2. The molecule has 0 atom stereocenters. The molecular formula is C6H3Cl2F2NO3S. The van der Waals surface area contributed by atoms with Crippen molar-refractivity contribution >= 4 is 31.3 Å². The van der Waals surface area contributed by atoms with E-state index in [-0.39, 0.29) is 0 Å². The minimum absolute atomic E-state index is 0.529. The maximum absolute atomic E-state index is 12.3. The van der Waals surface area contributed by atoms with Crippen LogP contribution in [0.5, 0.6) is 0 Å². The lowest BCUT2D eigenvalue weighted by Gasteiger charge is -2.04. The summed E-state index contributed by atoms with van der Waals surface area (Å²) in [7, 11) is 0.278. The van der Waals surface area contributed by atoms with Crippen LogP contribution in [-0.4, -0.2) is 13.4 Å². The minimum Gasteiger partial charge on any atom is -0.358 e. The van der Waals surface area contributed by atoms with Crippen molar-refractivity contribution in [1.82, 2.24) is 4.98 Å². The van der Waals surface area contributed by atoms with E-state index in [2.05, 4.69) is 0 Å². The van der Waals surface area contributed by atoms with Crippen LogP contribution in [0, 0.1) is 0 Å². The standard InChI is InChI=1S/C6H3Cl2F2NO3S/c7-2-1-11-3(6(9)10)5(4(2)12)15(8,13)14/h1,6H,(H,11,12). The molecule has 1 aromatic heterocycles. The second-order valence-electron chi connectivity index (χ2n) is 2.45. The van der Waals surface area contributed by atoms with Crippen LogP contribution in [0.25, 0.3) is 0 Å². The highest BCUT2D eigenvalue weighted by molar-refractivity contribution is 8.13. The highest BCUT2D eigenvalue weighted by atomic mass is 35.7. The van der Waals surface area contributed by atoms with E-state index in [9.17, 15) is 22.0 Å². The first-order chi connectivity index (χ1) is 6.75. The number of hydrogen-bond donors (Lipinski definition) is 1. The van der Waals surface area contributed by atoms with Crippen molar-refractivity contribution in [1.29, 1.82) is 0 Å². The van der Waals surface area contributed by atoms with Gasteiger partial charge in [0.15, 0.2) is 4.90 Å². The summed E-state index contributed by atoms with van der Waals surface area (Å²) in [5, 5.41) is -0.529. The van der Waals surface area contributed by atoms with Gasteiger partial charge >= 0.3 is 0 Å². The number of halogens is 4. The van der Waals surface area contributed by atoms with Crippen molar-refractivity contribution in [2.75, 3.05) is 0 Å². The van der Waals surface area contributed by atoms with E-state index in [1.165, 1.54) is 0 Å². The van der Waals surface area contributed by atoms with E-state index < -0.39 is 36.5 Å². The van der Waals surface area contributed by atoms with E-state index in [4.69, 9.17) is 22.3 Å². The second-order valence-corrected chi connectivity index (χ2v) is 5.36. The number of H-pyrrole nitrogens is 1. The van der Waals surface area contributed by atoms with Crippen LogP contribution >= 0.6 is 22.3 Å². The summed E-state index contributed by atoms with van der Waals surface area (Å²) >= 11 is 5.28. The number of aromatic nitrogens is 1. The fourth-order valence-electron chi connectivity index (χ4n) is 0.907. The number of nitrogens with one attached hydrogen (secondary N) is 1. The van der Waals surface area contributed by atoms with Gasteiger partial charge in [0.1, 0.15) is 10.7 Å². The van der Waals surface area contributed by atoms with Gasteiger partial charge in [0.25, 0.3) is 15.5 Å². The number of pyridine rings is 1. The van der Waals surface area contributed by atoms with Gasteiger partial charge in [-0.3, -0.25) is 4.79 Å². The second kappa shape index (κ2) is 4.07. The van der Waals surface area contributed by atoms with Gasteiger partial charge in [0.05, 0.1) is 0 Å². The highest BCUT2D eigenvalue weighted by Crippen LogP contribution is 2.25. The van der Waals surface area contributed by atoms with E-state index in [0.717, 1.165) is 6.20 Å². The summed E-state index contributed by atoms with van der Waals surface area (Å²) in [5.74, 6) is 0. The Morgan fingerprint density at radius 3 is 2.33 bits per heavy atom. The van der Waals surface area contributed by atoms with E-state index >= 15 is 0 Å². The van der Waals surface area contributed by atoms with Crippen molar-refractivity contribution in [2.45, 2.75) is 11.3 Å². The lowest BCUT2D eigenvalue weighted by Crippen LogP contribution is -2.16. The fraction of sp³-hybridized carbons (Fsp3) is 0.167. The molecule has 1 N–H and O–H groups in total. The highest BCUT2D eigenvalue weighted by Gasteiger charge is 2.27. The van der Waals surface area contributed by atoms with Gasteiger partial charge in [-0.1, -0.05) is 11.6 Å². The van der Waals surface area contributed by atoms with Gasteiger partial charge in [-0.2, -0.15) is 0 Å². The zero-order valence-corrected chi connectivity index (χ0v) is 9.13. The summed E-state index contributed by atoms with van der Waals surface area (Å²) in [4.78, 5) is 11.9. The van der Waals surface area contributed by atoms with Crippen LogP contribution in [0.1, 0.15) is 12.1 Å². The third-order valence-corrected chi connectivity index (χ3v) is 3.12. The topological polar surface area (TPSA) is 67.0 Å². The molecule has 0 bridgehead atoms. The van der Waals surface area contributed by atoms with Crippen molar-refractivity contribution in [3.8, 4) is 0 Å². The molecule has 0 aliphatic rings. The van der Waals surface area contributed by atoms with E-state index in [0.29, 0.717) is 0 Å². The van der Waals surface area contributed by atoms with Crippen LogP contribution in [0.4, 0.5) is 8.78 Å². The Bertz CT molecular complexity index is 540. The predicted molar refractivity (Wildman–Crippen MR) is 50.1 cm³/mol. The monoisotopic (exact) mass is 277 g/mol. The smallest absolute Gasteiger partial charge is 0.279 e. The molecule has 0 aromatic carbocycles. The van der Waals surface area contributed by atoms with Crippen molar-refractivity contribution in [2.24, 2.45) is 0 Å². The first-order valence-electron chi connectivity index (χ1n) is 3.39. The molecular weight excluding hydrogens is 275 g/mol. The van der Waals surface area contributed by atoms with Gasteiger partial charge in [0.2, 0.25) is 5.43 Å². The third-order valence-electron chi connectivity index (χ3n) is 1.48. The van der Waals surface area contributed by atoms with Gasteiger partial charge < -0.3 is 4.98 Å². The summed E-state index contributed by atoms with van der Waals surface area (Å²) in [6.07, 6.45) is -2.39. The molecule has 15 heavy (non-hydrogen) atoms. The number of aromatic amines is 1. The lowest BCUT2D eigenvalue weighted by atomic mass is 10.3. The molecule has 0 unspecified atom stereocenters. The molecule has 0 spiro atoms. The molecule has 0 saturated heterocycles. The average molecular weight is 278 g/mol. The SMILES string of the molecule is O=c1c(Cl)c[nH]c(C(F)F)c1S(=O)(=O)Cl. The molecule has 0 radical (unpaired) electrons. The Morgan fingerprint density at radius 2 is 1.93 bits per heavy atom. The summed E-state index contributed by atoms with van der Waals surface area (Å²) < 4.78 is 46.4. The van der Waals surface area contributed by atoms with E-state index in [1.54, 1.807) is 0 Å². The molecule has 0 fully saturated rings. The molecule has 0 saturated carbocycles. The first kappa shape index (κ1) is 12.4. The van der Waals surface area contributed by atoms with Gasteiger partial charge in [-0.15, -0.1) is 0 Å². The molecule has 84 valence electrons.